The highest BCUT2D eigenvalue weighted by Crippen LogP contribution is 2.61. The number of imide groups is 1. The Labute approximate surface area is 514 Å². The third-order valence-corrected chi connectivity index (χ3v) is 19.1. The molecule has 4 aromatic rings. The van der Waals surface area contributed by atoms with Gasteiger partial charge < -0.3 is 60.9 Å². The van der Waals surface area contributed by atoms with E-state index in [1.54, 1.807) is 18.2 Å². The molecular weight excluding hydrogens is 1250 g/mol. The van der Waals surface area contributed by atoms with Crippen molar-refractivity contribution in [3.05, 3.63) is 106 Å². The molecule has 8 unspecified atom stereocenters. The fourth-order valence-corrected chi connectivity index (χ4v) is 14.0. The quantitative estimate of drug-likeness (QED) is 0.0102. The number of fused-ring (bicyclic) bond motifs is 3. The summed E-state index contributed by atoms with van der Waals surface area (Å²) in [4.78, 5) is 121. The number of benzene rings is 2. The van der Waals surface area contributed by atoms with Gasteiger partial charge in [0.1, 0.15) is 56.5 Å². The SMILES string of the molecule is CN(C)c1ccc2c(c1)CC1=CC(=[N+](C)C)C=CC1=C2c1cc(C(=O)CCCN2C(=O)CC(SCCNC(=O)CCNC(=O)C(O)C(C)(C)COP(=O)(O)OP(=O)(O)OCC3OC(n4cnc5c(N)ncnc54)C(O)C3OP(=O)(O)O)C2=O)ccc1C#CO. The molecule has 2 aromatic carbocycles. The summed E-state index contributed by atoms with van der Waals surface area (Å²) >= 11 is 1.17. The number of nitrogens with zero attached hydrogens (tertiary/aromatic N) is 7. The van der Waals surface area contributed by atoms with Crippen molar-refractivity contribution in [2.75, 3.05) is 77.4 Å². The molecule has 0 bridgehead atoms. The second kappa shape index (κ2) is 28.1. The second-order valence-electron chi connectivity index (χ2n) is 22.1. The highest BCUT2D eigenvalue weighted by Gasteiger charge is 2.50. The first-order chi connectivity index (χ1) is 41.9. The Kier molecular flexibility index (Phi) is 21.5. The Morgan fingerprint density at radius 3 is 2.43 bits per heavy atom. The summed E-state index contributed by atoms with van der Waals surface area (Å²) in [5.74, 6) is 0.414. The van der Waals surface area contributed by atoms with Gasteiger partial charge in [-0.05, 0) is 82.5 Å². The van der Waals surface area contributed by atoms with Crippen LogP contribution in [-0.4, -0.2) is 195 Å². The standard InChI is InChI=1S/C55H67N10O20P3S/c1-55(2,28-82-88(79,80)85-87(77,78)81-27-41-48(84-86(74,75)76)47(70)54(83-41)65-30-61-46-50(56)59-29-60-51(46)65)49(71)52(72)58-17-15-43(68)57-18-21-89-42-26-44(69)64(53(42)73)19-7-8-40(67)32-10-9-31(16-20-66)39(25-32)45-37-13-11-35(62(3)4)23-33(37)22-34-24-36(63(5)6)12-14-38(34)45/h9-14,23-25,29-30,41-42,47-49,54,70-71H,7-8,15,17-19,21-22,26-28H2,1-6H3,(H8,56,57,58,59,60,68,72,74,75,76,77,78,79,80)/p+1. The number of aliphatic hydroxyl groups is 3. The van der Waals surface area contributed by atoms with Gasteiger partial charge in [0.05, 0.1) is 24.8 Å². The normalized spacial score (nSPS) is 20.9. The number of thioether (sulfide) groups is 1. The zero-order valence-electron chi connectivity index (χ0n) is 49.0. The maximum atomic E-state index is 13.9. The average molecular weight is 1310 g/mol. The number of nitrogen functional groups attached to an aromatic ring is 1. The Hall–Kier alpha value is -6.81. The molecule has 0 spiro atoms. The predicted octanol–water partition coefficient (Wildman–Crippen LogP) is 2.24. The second-order valence-corrected chi connectivity index (χ2v) is 27.6. The number of aliphatic hydroxyl groups excluding tert-OH is 3. The number of carbonyl (C=O) groups excluding carboxylic acids is 5. The average Bonchev–Trinajstić information content (AvgIpc) is 1.67. The smallest absolute Gasteiger partial charge is 0.462 e. The van der Waals surface area contributed by atoms with Crippen molar-refractivity contribution in [3.8, 4) is 12.0 Å². The van der Waals surface area contributed by atoms with Crippen LogP contribution in [0.5, 0.6) is 0 Å². The first-order valence-corrected chi connectivity index (χ1v) is 33.1. The lowest BCUT2D eigenvalue weighted by atomic mass is 9.76. The molecule has 34 heteroatoms. The number of rotatable bonds is 27. The number of nitrogens with one attached hydrogen (secondary N) is 2. The number of ketones is 1. The van der Waals surface area contributed by atoms with Crippen molar-refractivity contribution in [3.63, 3.8) is 0 Å². The van der Waals surface area contributed by atoms with Crippen molar-refractivity contribution >= 4 is 98.6 Å². The minimum Gasteiger partial charge on any atom is -0.462 e. The minimum absolute atomic E-state index is 0.0122. The summed E-state index contributed by atoms with van der Waals surface area (Å²) in [6, 6.07) is 11.4. The van der Waals surface area contributed by atoms with Crippen LogP contribution in [0.2, 0.25) is 0 Å². The number of phosphoric ester groups is 3. The molecule has 2 aliphatic carbocycles. The lowest BCUT2D eigenvalue weighted by molar-refractivity contribution is -0.462. The molecule has 4 amide bonds. The van der Waals surface area contributed by atoms with Crippen LogP contribution in [0, 0.1) is 17.4 Å². The summed E-state index contributed by atoms with van der Waals surface area (Å²) in [5.41, 5.74) is 12.9. The van der Waals surface area contributed by atoms with Crippen LogP contribution in [0.15, 0.2) is 78.4 Å². The summed E-state index contributed by atoms with van der Waals surface area (Å²) in [6.45, 7) is 0.182. The number of aromatic nitrogens is 4. The number of nitrogens with two attached hydrogens (primary N) is 1. The van der Waals surface area contributed by atoms with Crippen molar-refractivity contribution in [2.45, 2.75) is 81.8 Å². The number of hydrogen-bond donors (Lipinski definition) is 10. The number of likely N-dealkylation sites (tertiary alicyclic amines) is 1. The van der Waals surface area contributed by atoms with Crippen LogP contribution < -0.4 is 21.3 Å². The number of imidazole rings is 1. The van der Waals surface area contributed by atoms with Gasteiger partial charge in [0.2, 0.25) is 23.6 Å². The summed E-state index contributed by atoms with van der Waals surface area (Å²) in [7, 11) is -8.68. The van der Waals surface area contributed by atoms with E-state index in [1.807, 2.05) is 55.9 Å². The molecule has 8 atom stereocenters. The number of carbonyl (C=O) groups is 5. The van der Waals surface area contributed by atoms with Crippen LogP contribution in [0.25, 0.3) is 16.7 Å². The number of amides is 4. The Morgan fingerprint density at radius 1 is 0.978 bits per heavy atom. The van der Waals surface area contributed by atoms with E-state index in [9.17, 15) is 72.6 Å². The van der Waals surface area contributed by atoms with Gasteiger partial charge in [-0.15, -0.1) is 11.8 Å². The Bertz CT molecular complexity index is 3790. The van der Waals surface area contributed by atoms with E-state index < -0.39 is 102 Å². The fraction of sp³-hybridized carbons (Fsp3) is 0.436. The molecule has 478 valence electrons. The number of hydrogen-bond acceptors (Lipinski definition) is 22. The van der Waals surface area contributed by atoms with Crippen molar-refractivity contribution in [2.24, 2.45) is 5.41 Å². The van der Waals surface area contributed by atoms with Crippen LogP contribution >= 0.6 is 35.2 Å². The molecule has 30 nitrogen and oxygen atoms in total. The van der Waals surface area contributed by atoms with Crippen LogP contribution in [-0.2, 0) is 61.9 Å². The third-order valence-electron chi connectivity index (χ3n) is 14.7. The number of anilines is 2. The van der Waals surface area contributed by atoms with Crippen molar-refractivity contribution < 1.29 is 99.8 Å². The van der Waals surface area contributed by atoms with Gasteiger partial charge in [-0.1, -0.05) is 26.0 Å². The molecule has 2 saturated heterocycles. The molecule has 89 heavy (non-hydrogen) atoms. The van der Waals surface area contributed by atoms with E-state index in [4.69, 9.17) is 19.5 Å². The predicted molar refractivity (Wildman–Crippen MR) is 321 cm³/mol. The van der Waals surface area contributed by atoms with Crippen LogP contribution in [0.3, 0.4) is 0 Å². The first kappa shape index (κ1) is 68.1. The van der Waals surface area contributed by atoms with Gasteiger partial charge in [-0.2, -0.15) is 4.31 Å². The largest absolute Gasteiger partial charge is 0.481 e. The zero-order chi connectivity index (χ0) is 64.9. The number of allylic oxidation sites excluding steroid dienone is 5. The summed E-state index contributed by atoms with van der Waals surface area (Å²) < 4.78 is 64.9. The molecule has 0 radical (unpaired) electrons. The fourth-order valence-electron chi connectivity index (χ4n) is 10.1. The number of phosphoric acid groups is 3. The Morgan fingerprint density at radius 2 is 1.72 bits per heavy atom. The number of Topliss-reactive ketones (excluding diaryl/α,β-unsaturated/α-hetero) is 1. The van der Waals surface area contributed by atoms with Gasteiger partial charge in [0.25, 0.3) is 0 Å². The lowest BCUT2D eigenvalue weighted by Crippen LogP contribution is -2.46. The van der Waals surface area contributed by atoms with Crippen molar-refractivity contribution in [1.82, 2.24) is 35.1 Å². The topological polar surface area (TPSA) is 427 Å². The molecule has 4 heterocycles. The molecular formula is C55H68N10O20P3S+. The van der Waals surface area contributed by atoms with E-state index in [0.29, 0.717) is 23.1 Å². The highest BCUT2D eigenvalue weighted by atomic mass is 32.2. The van der Waals surface area contributed by atoms with Gasteiger partial charge in [0, 0.05) is 93.1 Å². The van der Waals surface area contributed by atoms with E-state index in [1.165, 1.54) is 25.6 Å². The van der Waals surface area contributed by atoms with Crippen LogP contribution in [0.1, 0.15) is 78.4 Å². The maximum Gasteiger partial charge on any atom is 0.481 e. The zero-order valence-corrected chi connectivity index (χ0v) is 52.5. The van der Waals surface area contributed by atoms with E-state index in [2.05, 4.69) is 64.6 Å². The first-order valence-electron chi connectivity index (χ1n) is 27.5. The van der Waals surface area contributed by atoms with Gasteiger partial charge in [-0.25, -0.2) is 33.2 Å². The molecule has 2 aliphatic heterocycles. The lowest BCUT2D eigenvalue weighted by Gasteiger charge is -2.30. The highest BCUT2D eigenvalue weighted by molar-refractivity contribution is 8.00. The van der Waals surface area contributed by atoms with E-state index >= 15 is 0 Å². The van der Waals surface area contributed by atoms with E-state index in [0.717, 1.165) is 61.4 Å². The van der Waals surface area contributed by atoms with Gasteiger partial charge in [-0.3, -0.25) is 47.0 Å². The minimum atomic E-state index is -5.64. The molecule has 11 N–H and O–H groups in total. The van der Waals surface area contributed by atoms with Gasteiger partial charge in [0.15, 0.2) is 29.2 Å². The monoisotopic (exact) mass is 1310 g/mol. The van der Waals surface area contributed by atoms with Gasteiger partial charge >= 0.3 is 23.5 Å². The molecule has 4 aliphatic rings. The third kappa shape index (κ3) is 16.6. The maximum absolute atomic E-state index is 13.9. The summed E-state index contributed by atoms with van der Waals surface area (Å²) in [5, 5.41) is 35.8. The molecule has 8 rings (SSSR count). The molecule has 0 saturated carbocycles. The van der Waals surface area contributed by atoms with Crippen LogP contribution in [0.4, 0.5) is 11.5 Å². The van der Waals surface area contributed by atoms with Crippen molar-refractivity contribution in [1.29, 1.82) is 0 Å². The van der Waals surface area contributed by atoms with E-state index in [-0.39, 0.29) is 73.8 Å². The summed E-state index contributed by atoms with van der Waals surface area (Å²) in [6.07, 6.45) is 1.88. The molecule has 2 fully saturated rings. The number of ether oxygens (including phenoxy) is 1. The Balaban J connectivity index is 0.751. The molecule has 2 aromatic heterocycles.